The second kappa shape index (κ2) is 7.34. The zero-order valence-corrected chi connectivity index (χ0v) is 13.5. The summed E-state index contributed by atoms with van der Waals surface area (Å²) in [6.07, 6.45) is 4.07. The quantitative estimate of drug-likeness (QED) is 0.709. The summed E-state index contributed by atoms with van der Waals surface area (Å²) in [4.78, 5) is 34.7. The molecule has 0 aliphatic carbocycles. The van der Waals surface area contributed by atoms with Crippen molar-refractivity contribution < 1.29 is 9.59 Å². The van der Waals surface area contributed by atoms with Crippen LogP contribution in [0.5, 0.6) is 0 Å². The first-order valence-electron chi connectivity index (χ1n) is 8.17. The number of imide groups is 1. The smallest absolute Gasteiger partial charge is 0.252 e. The average Bonchev–Trinajstić information content (AvgIpc) is 3.35. The van der Waals surface area contributed by atoms with E-state index in [-0.39, 0.29) is 17.2 Å². The van der Waals surface area contributed by atoms with Gasteiger partial charge in [-0.15, -0.1) is 0 Å². The van der Waals surface area contributed by atoms with Gasteiger partial charge in [0.1, 0.15) is 12.1 Å². The molecule has 2 aliphatic heterocycles. The maximum atomic E-state index is 12.9. The molecule has 2 saturated heterocycles. The zero-order valence-electron chi connectivity index (χ0n) is 13.5. The molecule has 2 unspecified atom stereocenters. The number of amides is 2. The van der Waals surface area contributed by atoms with Gasteiger partial charge in [-0.05, 0) is 38.8 Å². The highest BCUT2D eigenvalue weighted by atomic mass is 16.2. The topological polar surface area (TPSA) is 135 Å². The van der Waals surface area contributed by atoms with Crippen LogP contribution in [0.4, 0.5) is 5.82 Å². The SMILES string of the molecule is N#Cc1cnc(N(C(=O)C2CCCN2)C(=O)C2CCCN2)c(C#N)n1. The van der Waals surface area contributed by atoms with Crippen molar-refractivity contribution >= 4 is 17.6 Å². The Bertz CT molecular complexity index is 740. The maximum absolute atomic E-state index is 12.9. The van der Waals surface area contributed by atoms with Crippen LogP contribution in [0.3, 0.4) is 0 Å². The van der Waals surface area contributed by atoms with Crippen LogP contribution in [0.15, 0.2) is 6.20 Å². The summed E-state index contributed by atoms with van der Waals surface area (Å²) < 4.78 is 0. The molecule has 3 rings (SSSR count). The van der Waals surface area contributed by atoms with Crippen LogP contribution in [0.2, 0.25) is 0 Å². The number of nitrogens with zero attached hydrogens (tertiary/aromatic N) is 5. The lowest BCUT2D eigenvalue weighted by Gasteiger charge is -2.26. The highest BCUT2D eigenvalue weighted by molar-refractivity contribution is 6.18. The Morgan fingerprint density at radius 3 is 2.12 bits per heavy atom. The van der Waals surface area contributed by atoms with Gasteiger partial charge in [0.05, 0.1) is 18.3 Å². The van der Waals surface area contributed by atoms with E-state index < -0.39 is 23.9 Å². The molecule has 1 aromatic rings. The Morgan fingerprint density at radius 2 is 1.68 bits per heavy atom. The fourth-order valence-electron chi connectivity index (χ4n) is 3.09. The molecule has 0 saturated carbocycles. The second-order valence-electron chi connectivity index (χ2n) is 5.96. The number of hydrogen-bond acceptors (Lipinski definition) is 8. The van der Waals surface area contributed by atoms with Crippen molar-refractivity contribution in [3.05, 3.63) is 17.6 Å². The average molecular weight is 339 g/mol. The van der Waals surface area contributed by atoms with Crippen LogP contribution in [0.25, 0.3) is 0 Å². The van der Waals surface area contributed by atoms with E-state index in [0.29, 0.717) is 25.9 Å². The highest BCUT2D eigenvalue weighted by Crippen LogP contribution is 2.22. The van der Waals surface area contributed by atoms with Crippen molar-refractivity contribution in [2.45, 2.75) is 37.8 Å². The largest absolute Gasteiger partial charge is 0.306 e. The lowest BCUT2D eigenvalue weighted by Crippen LogP contribution is -2.52. The Hall–Kier alpha value is -2.88. The summed E-state index contributed by atoms with van der Waals surface area (Å²) in [6.45, 7) is 1.40. The minimum atomic E-state index is -0.491. The number of hydrogen-bond donors (Lipinski definition) is 2. The van der Waals surface area contributed by atoms with E-state index in [0.717, 1.165) is 23.9 Å². The summed E-state index contributed by atoms with van der Waals surface area (Å²) in [5.74, 6) is -0.989. The minimum Gasteiger partial charge on any atom is -0.306 e. The zero-order chi connectivity index (χ0) is 17.8. The summed E-state index contributed by atoms with van der Waals surface area (Å²) in [5, 5.41) is 24.4. The van der Waals surface area contributed by atoms with Gasteiger partial charge < -0.3 is 10.6 Å². The van der Waals surface area contributed by atoms with Gasteiger partial charge in [0.25, 0.3) is 11.8 Å². The van der Waals surface area contributed by atoms with Crippen molar-refractivity contribution in [2.75, 3.05) is 18.0 Å². The minimum absolute atomic E-state index is 0.0434. The molecular formula is C16H17N7O2. The van der Waals surface area contributed by atoms with Gasteiger partial charge in [-0.2, -0.15) is 10.5 Å². The summed E-state index contributed by atoms with van der Waals surface area (Å²) in [6, 6.07) is 2.65. The molecule has 9 nitrogen and oxygen atoms in total. The highest BCUT2D eigenvalue weighted by Gasteiger charge is 2.38. The van der Waals surface area contributed by atoms with Gasteiger partial charge in [-0.1, -0.05) is 0 Å². The van der Waals surface area contributed by atoms with Gasteiger partial charge >= 0.3 is 0 Å². The Labute approximate surface area is 144 Å². The van der Waals surface area contributed by atoms with E-state index in [2.05, 4.69) is 20.6 Å². The predicted molar refractivity (Wildman–Crippen MR) is 86.0 cm³/mol. The Kier molecular flexibility index (Phi) is 4.98. The van der Waals surface area contributed by atoms with Crippen LogP contribution in [0.1, 0.15) is 37.1 Å². The first-order valence-corrected chi connectivity index (χ1v) is 8.17. The molecule has 2 N–H and O–H groups in total. The summed E-state index contributed by atoms with van der Waals surface area (Å²) in [7, 11) is 0. The second-order valence-corrected chi connectivity index (χ2v) is 5.96. The van der Waals surface area contributed by atoms with Gasteiger partial charge in [0, 0.05) is 0 Å². The van der Waals surface area contributed by atoms with Crippen molar-refractivity contribution in [1.82, 2.24) is 20.6 Å². The lowest BCUT2D eigenvalue weighted by atomic mass is 10.1. The van der Waals surface area contributed by atoms with E-state index in [1.807, 2.05) is 6.07 Å². The van der Waals surface area contributed by atoms with Crippen LogP contribution in [-0.2, 0) is 9.59 Å². The lowest BCUT2D eigenvalue weighted by molar-refractivity contribution is -0.128. The first kappa shape index (κ1) is 17.0. The number of aromatic nitrogens is 2. The van der Waals surface area contributed by atoms with Crippen molar-refractivity contribution in [2.24, 2.45) is 0 Å². The molecule has 1 aromatic heterocycles. The molecule has 0 radical (unpaired) electrons. The van der Waals surface area contributed by atoms with E-state index in [1.165, 1.54) is 0 Å². The fourth-order valence-corrected chi connectivity index (χ4v) is 3.09. The van der Waals surface area contributed by atoms with Gasteiger partial charge in [-0.25, -0.2) is 14.9 Å². The number of carbonyl (C=O) groups excluding carboxylic acids is 2. The van der Waals surface area contributed by atoms with Gasteiger partial charge in [0.15, 0.2) is 17.2 Å². The van der Waals surface area contributed by atoms with Gasteiger partial charge in [-0.3, -0.25) is 9.59 Å². The number of rotatable bonds is 3. The summed E-state index contributed by atoms with van der Waals surface area (Å²) in [5.41, 5.74) is -0.255. The number of anilines is 1. The van der Waals surface area contributed by atoms with Crippen molar-refractivity contribution in [1.29, 1.82) is 10.5 Å². The first-order chi connectivity index (χ1) is 12.2. The van der Waals surface area contributed by atoms with E-state index in [9.17, 15) is 14.9 Å². The molecule has 2 aliphatic rings. The van der Waals surface area contributed by atoms with Crippen LogP contribution in [0, 0.1) is 22.7 Å². The van der Waals surface area contributed by atoms with Crippen molar-refractivity contribution in [3.63, 3.8) is 0 Å². The molecular weight excluding hydrogens is 322 g/mol. The van der Waals surface area contributed by atoms with Crippen molar-refractivity contribution in [3.8, 4) is 12.1 Å². The van der Waals surface area contributed by atoms with E-state index >= 15 is 0 Å². The Morgan fingerprint density at radius 1 is 1.08 bits per heavy atom. The monoisotopic (exact) mass is 339 g/mol. The molecule has 0 spiro atoms. The molecule has 2 amide bonds. The van der Waals surface area contributed by atoms with Crippen LogP contribution in [-0.4, -0.2) is 47.0 Å². The van der Waals surface area contributed by atoms with Gasteiger partial charge in [0.2, 0.25) is 0 Å². The third-order valence-corrected chi connectivity index (χ3v) is 4.34. The number of nitriles is 2. The third-order valence-electron chi connectivity index (χ3n) is 4.34. The maximum Gasteiger partial charge on any atom is 0.252 e. The molecule has 0 bridgehead atoms. The third kappa shape index (κ3) is 3.33. The molecule has 2 atom stereocenters. The Balaban J connectivity index is 2.01. The van der Waals surface area contributed by atoms with Crippen LogP contribution < -0.4 is 15.5 Å². The van der Waals surface area contributed by atoms with Crippen LogP contribution >= 0.6 is 0 Å². The predicted octanol–water partition coefficient (Wildman–Crippen LogP) is -0.416. The number of nitrogens with one attached hydrogen (secondary N) is 2. The molecule has 2 fully saturated rings. The molecule has 128 valence electrons. The van der Waals surface area contributed by atoms with E-state index in [1.54, 1.807) is 6.07 Å². The van der Waals surface area contributed by atoms with E-state index in [4.69, 9.17) is 5.26 Å². The summed E-state index contributed by atoms with van der Waals surface area (Å²) >= 11 is 0. The normalized spacial score (nSPS) is 22.2. The molecule has 0 aromatic carbocycles. The fraction of sp³-hybridized carbons (Fsp3) is 0.500. The molecule has 25 heavy (non-hydrogen) atoms. The standard InChI is InChI=1S/C16H17N7O2/c17-7-10-9-21-14(13(8-18)22-10)23(15(24)11-3-1-5-19-11)16(25)12-4-2-6-20-12/h9,11-12,19-20H,1-6H2. The number of carbonyl (C=O) groups is 2. The molecule has 3 heterocycles. The molecule has 9 heteroatoms.